The highest BCUT2D eigenvalue weighted by Crippen LogP contribution is 2.35. The summed E-state index contributed by atoms with van der Waals surface area (Å²) in [6.45, 7) is 9.23. The Morgan fingerprint density at radius 1 is 1.33 bits per heavy atom. The molecule has 0 bridgehead atoms. The summed E-state index contributed by atoms with van der Waals surface area (Å²) in [6, 6.07) is 6.31. The van der Waals surface area contributed by atoms with Crippen LogP contribution in [0.1, 0.15) is 32.0 Å². The lowest BCUT2D eigenvalue weighted by molar-refractivity contribution is 0.340. The maximum Gasteiger partial charge on any atom is 0.120 e. The SMILES string of the molecule is CCOc1ccc2[nH]c3c(c2c1)CNCC3(C)C. The molecule has 0 fully saturated rings. The van der Waals surface area contributed by atoms with E-state index >= 15 is 0 Å². The van der Waals surface area contributed by atoms with E-state index in [0.717, 1.165) is 18.8 Å². The zero-order valence-corrected chi connectivity index (χ0v) is 11.3. The molecule has 1 aliphatic heterocycles. The highest BCUT2D eigenvalue weighted by molar-refractivity contribution is 5.86. The molecule has 1 aliphatic rings. The third-order valence-electron chi connectivity index (χ3n) is 3.73. The van der Waals surface area contributed by atoms with Crippen LogP contribution in [-0.4, -0.2) is 18.1 Å². The molecule has 0 aliphatic carbocycles. The summed E-state index contributed by atoms with van der Waals surface area (Å²) in [6.07, 6.45) is 0. The fourth-order valence-electron chi connectivity index (χ4n) is 2.83. The number of fused-ring (bicyclic) bond motifs is 3. The summed E-state index contributed by atoms with van der Waals surface area (Å²) >= 11 is 0. The Morgan fingerprint density at radius 2 is 2.17 bits per heavy atom. The Kier molecular flexibility index (Phi) is 2.59. The molecule has 3 rings (SSSR count). The van der Waals surface area contributed by atoms with Crippen LogP contribution in [0.4, 0.5) is 0 Å². The van der Waals surface area contributed by atoms with Crippen molar-refractivity contribution >= 4 is 10.9 Å². The molecular weight excluding hydrogens is 224 g/mol. The predicted octanol–water partition coefficient (Wildman–Crippen LogP) is 2.95. The third kappa shape index (κ3) is 1.70. The number of ether oxygens (including phenoxy) is 1. The van der Waals surface area contributed by atoms with Crippen molar-refractivity contribution in [3.8, 4) is 5.75 Å². The summed E-state index contributed by atoms with van der Waals surface area (Å²) in [5.74, 6) is 0.954. The number of benzene rings is 1. The van der Waals surface area contributed by atoms with Gasteiger partial charge in [0.2, 0.25) is 0 Å². The number of nitrogens with one attached hydrogen (secondary N) is 2. The van der Waals surface area contributed by atoms with Crippen LogP contribution < -0.4 is 10.1 Å². The van der Waals surface area contributed by atoms with Crippen LogP contribution in [-0.2, 0) is 12.0 Å². The van der Waals surface area contributed by atoms with E-state index in [1.54, 1.807) is 0 Å². The van der Waals surface area contributed by atoms with Crippen LogP contribution in [0, 0.1) is 0 Å². The fourth-order valence-corrected chi connectivity index (χ4v) is 2.83. The van der Waals surface area contributed by atoms with E-state index in [1.807, 2.05) is 13.0 Å². The van der Waals surface area contributed by atoms with Crippen LogP contribution in [0.15, 0.2) is 18.2 Å². The number of aromatic nitrogens is 1. The van der Waals surface area contributed by atoms with E-state index in [1.165, 1.54) is 22.2 Å². The molecule has 1 aromatic heterocycles. The Balaban J connectivity index is 2.18. The van der Waals surface area contributed by atoms with Crippen molar-refractivity contribution in [1.29, 1.82) is 0 Å². The first-order chi connectivity index (χ1) is 8.62. The van der Waals surface area contributed by atoms with Crippen LogP contribution in [0.2, 0.25) is 0 Å². The molecule has 0 unspecified atom stereocenters. The average molecular weight is 244 g/mol. The van der Waals surface area contributed by atoms with Gasteiger partial charge in [-0.3, -0.25) is 0 Å². The fraction of sp³-hybridized carbons (Fsp3) is 0.467. The van der Waals surface area contributed by atoms with E-state index in [-0.39, 0.29) is 5.41 Å². The van der Waals surface area contributed by atoms with Gasteiger partial charge in [-0.25, -0.2) is 0 Å². The van der Waals surface area contributed by atoms with E-state index in [4.69, 9.17) is 4.74 Å². The van der Waals surface area contributed by atoms with Gasteiger partial charge in [0, 0.05) is 35.1 Å². The van der Waals surface area contributed by atoms with E-state index in [2.05, 4.69) is 36.3 Å². The van der Waals surface area contributed by atoms with Gasteiger partial charge in [0.05, 0.1) is 6.61 Å². The molecule has 2 aromatic rings. The molecule has 0 saturated heterocycles. The average Bonchev–Trinajstić information content (AvgIpc) is 2.69. The quantitative estimate of drug-likeness (QED) is 0.852. The van der Waals surface area contributed by atoms with Crippen molar-refractivity contribution < 1.29 is 4.74 Å². The van der Waals surface area contributed by atoms with Gasteiger partial charge in [0.25, 0.3) is 0 Å². The van der Waals surface area contributed by atoms with Crippen LogP contribution in [0.25, 0.3) is 10.9 Å². The lowest BCUT2D eigenvalue weighted by Crippen LogP contribution is -2.38. The van der Waals surface area contributed by atoms with Gasteiger partial charge in [-0.1, -0.05) is 13.8 Å². The summed E-state index contributed by atoms with van der Waals surface area (Å²) in [5.41, 5.74) is 4.13. The zero-order valence-electron chi connectivity index (χ0n) is 11.3. The number of aromatic amines is 1. The number of H-pyrrole nitrogens is 1. The molecule has 2 N–H and O–H groups in total. The molecule has 18 heavy (non-hydrogen) atoms. The van der Waals surface area contributed by atoms with Gasteiger partial charge < -0.3 is 15.0 Å². The Labute approximate surface area is 108 Å². The monoisotopic (exact) mass is 244 g/mol. The zero-order chi connectivity index (χ0) is 12.8. The van der Waals surface area contributed by atoms with Crippen molar-refractivity contribution in [2.75, 3.05) is 13.2 Å². The Morgan fingerprint density at radius 3 is 2.94 bits per heavy atom. The lowest BCUT2D eigenvalue weighted by atomic mass is 9.84. The minimum Gasteiger partial charge on any atom is -0.494 e. The molecule has 0 amide bonds. The van der Waals surface area contributed by atoms with E-state index in [9.17, 15) is 0 Å². The predicted molar refractivity (Wildman–Crippen MR) is 74.2 cm³/mol. The van der Waals surface area contributed by atoms with Crippen LogP contribution >= 0.6 is 0 Å². The highest BCUT2D eigenvalue weighted by Gasteiger charge is 2.30. The summed E-state index contributed by atoms with van der Waals surface area (Å²) in [5, 5.41) is 4.79. The van der Waals surface area contributed by atoms with Crippen molar-refractivity contribution in [3.05, 3.63) is 29.5 Å². The summed E-state index contributed by atoms with van der Waals surface area (Å²) in [4.78, 5) is 3.58. The molecule has 1 aromatic carbocycles. The van der Waals surface area contributed by atoms with Gasteiger partial charge in [-0.05, 0) is 30.7 Å². The lowest BCUT2D eigenvalue weighted by Gasteiger charge is -2.30. The molecule has 2 heterocycles. The second-order valence-corrected chi connectivity index (χ2v) is 5.61. The first-order valence-corrected chi connectivity index (χ1v) is 6.60. The number of hydrogen-bond acceptors (Lipinski definition) is 2. The van der Waals surface area contributed by atoms with Crippen molar-refractivity contribution in [1.82, 2.24) is 10.3 Å². The van der Waals surface area contributed by atoms with Gasteiger partial charge in [0.1, 0.15) is 5.75 Å². The summed E-state index contributed by atoms with van der Waals surface area (Å²) in [7, 11) is 0. The molecule has 0 spiro atoms. The minimum absolute atomic E-state index is 0.165. The minimum atomic E-state index is 0.165. The molecule has 3 nitrogen and oxygen atoms in total. The molecular formula is C15H20N2O. The van der Waals surface area contributed by atoms with E-state index in [0.29, 0.717) is 6.61 Å². The van der Waals surface area contributed by atoms with Crippen molar-refractivity contribution in [3.63, 3.8) is 0 Å². The smallest absolute Gasteiger partial charge is 0.120 e. The Bertz CT molecular complexity index is 583. The normalized spacial score (nSPS) is 17.7. The van der Waals surface area contributed by atoms with Crippen molar-refractivity contribution in [2.45, 2.75) is 32.7 Å². The molecule has 3 heteroatoms. The topological polar surface area (TPSA) is 37.0 Å². The van der Waals surface area contributed by atoms with Gasteiger partial charge in [0.15, 0.2) is 0 Å². The first kappa shape index (κ1) is 11.6. The maximum absolute atomic E-state index is 5.59. The largest absolute Gasteiger partial charge is 0.494 e. The molecule has 0 saturated carbocycles. The second kappa shape index (κ2) is 4.02. The van der Waals surface area contributed by atoms with Crippen LogP contribution in [0.5, 0.6) is 5.75 Å². The highest BCUT2D eigenvalue weighted by atomic mass is 16.5. The van der Waals surface area contributed by atoms with Crippen LogP contribution in [0.3, 0.4) is 0 Å². The first-order valence-electron chi connectivity index (χ1n) is 6.60. The Hall–Kier alpha value is -1.48. The van der Waals surface area contributed by atoms with E-state index < -0.39 is 0 Å². The van der Waals surface area contributed by atoms with Gasteiger partial charge in [-0.15, -0.1) is 0 Å². The molecule has 0 radical (unpaired) electrons. The number of rotatable bonds is 2. The maximum atomic E-state index is 5.59. The van der Waals surface area contributed by atoms with Gasteiger partial charge >= 0.3 is 0 Å². The summed E-state index contributed by atoms with van der Waals surface area (Å²) < 4.78 is 5.59. The standard InChI is InChI=1S/C15H20N2O/c1-4-18-10-5-6-13-11(7-10)12-8-16-9-15(2,3)14(12)17-13/h5-7,16-17H,4,8-9H2,1-3H3. The number of hydrogen-bond donors (Lipinski definition) is 2. The van der Waals surface area contributed by atoms with Gasteiger partial charge in [-0.2, -0.15) is 0 Å². The third-order valence-corrected chi connectivity index (χ3v) is 3.73. The second-order valence-electron chi connectivity index (χ2n) is 5.61. The molecule has 96 valence electrons. The molecule has 0 atom stereocenters. The van der Waals surface area contributed by atoms with Crippen molar-refractivity contribution in [2.24, 2.45) is 0 Å².